The summed E-state index contributed by atoms with van der Waals surface area (Å²) in [5.74, 6) is 0. The van der Waals surface area contributed by atoms with E-state index in [0.29, 0.717) is 22.5 Å². The molecule has 0 aliphatic heterocycles. The Morgan fingerprint density at radius 2 is 1.73 bits per heavy atom. The first kappa shape index (κ1) is 14.5. The Balaban J connectivity index is 2.29. The van der Waals surface area contributed by atoms with Gasteiger partial charge in [0.1, 0.15) is 5.65 Å². The summed E-state index contributed by atoms with van der Waals surface area (Å²) in [6.07, 6.45) is 0. The van der Waals surface area contributed by atoms with Crippen LogP contribution in [0.5, 0.6) is 0 Å². The summed E-state index contributed by atoms with van der Waals surface area (Å²) in [6.45, 7) is 2.50. The van der Waals surface area contributed by atoms with Gasteiger partial charge in [0.2, 0.25) is 0 Å². The van der Waals surface area contributed by atoms with Crippen LogP contribution in [0.1, 0.15) is 11.1 Å². The van der Waals surface area contributed by atoms with Crippen molar-refractivity contribution in [2.75, 3.05) is 0 Å². The molecule has 7 heteroatoms. The van der Waals surface area contributed by atoms with E-state index in [1.165, 1.54) is 17.2 Å². The summed E-state index contributed by atoms with van der Waals surface area (Å²) >= 11 is 5.33. The Morgan fingerprint density at radius 1 is 1.09 bits per heavy atom. The smallest absolute Gasteiger partial charge is 0.316 e. The molecule has 2 aromatic heterocycles. The minimum atomic E-state index is -0.378. The number of imidazole rings is 1. The number of hydrogen-bond acceptors (Lipinski definition) is 3. The van der Waals surface area contributed by atoms with Gasteiger partial charge in [-0.3, -0.25) is 13.9 Å². The quantitative estimate of drug-likeness (QED) is 0.728. The van der Waals surface area contributed by atoms with Crippen LogP contribution in [0, 0.1) is 11.7 Å². The second kappa shape index (κ2) is 5.10. The molecule has 6 nitrogen and oxygen atoms in total. The Labute approximate surface area is 131 Å². The van der Waals surface area contributed by atoms with Gasteiger partial charge in [-0.15, -0.1) is 0 Å². The lowest BCUT2D eigenvalue weighted by Gasteiger charge is -2.07. The maximum atomic E-state index is 12.4. The molecular weight excluding hydrogens is 300 g/mol. The van der Waals surface area contributed by atoms with Gasteiger partial charge in [-0.05, 0) is 24.7 Å². The van der Waals surface area contributed by atoms with Crippen molar-refractivity contribution in [1.82, 2.24) is 18.7 Å². The second-order valence-corrected chi connectivity index (χ2v) is 5.79. The van der Waals surface area contributed by atoms with Crippen LogP contribution < -0.4 is 11.2 Å². The van der Waals surface area contributed by atoms with Crippen molar-refractivity contribution in [2.45, 2.75) is 13.5 Å². The summed E-state index contributed by atoms with van der Waals surface area (Å²) in [6, 6.07) is 8.04. The molecule has 3 rings (SSSR count). The number of rotatable bonds is 2. The molecule has 114 valence electrons. The molecule has 0 fully saturated rings. The Hall–Kier alpha value is -2.41. The van der Waals surface area contributed by atoms with Gasteiger partial charge in [0.05, 0.1) is 6.54 Å². The average Bonchev–Trinajstić information content (AvgIpc) is 2.82. The van der Waals surface area contributed by atoms with Crippen molar-refractivity contribution in [3.05, 3.63) is 61.0 Å². The number of nitrogens with zero attached hydrogens (tertiary/aromatic N) is 3. The van der Waals surface area contributed by atoms with Crippen LogP contribution in [-0.2, 0) is 20.6 Å². The zero-order valence-electron chi connectivity index (χ0n) is 12.6. The van der Waals surface area contributed by atoms with E-state index in [-0.39, 0.29) is 11.2 Å². The van der Waals surface area contributed by atoms with Crippen LogP contribution in [0.15, 0.2) is 33.9 Å². The molecule has 0 amide bonds. The van der Waals surface area contributed by atoms with Gasteiger partial charge in [0.15, 0.2) is 10.3 Å². The minimum Gasteiger partial charge on any atom is -0.316 e. The van der Waals surface area contributed by atoms with Crippen molar-refractivity contribution in [3.8, 4) is 0 Å². The van der Waals surface area contributed by atoms with E-state index in [9.17, 15) is 9.59 Å². The zero-order chi connectivity index (χ0) is 16.0. The zero-order valence-corrected chi connectivity index (χ0v) is 13.4. The fourth-order valence-corrected chi connectivity index (χ4v) is 2.76. The third-order valence-electron chi connectivity index (χ3n) is 3.84. The van der Waals surface area contributed by atoms with E-state index in [1.54, 1.807) is 11.6 Å². The predicted molar refractivity (Wildman–Crippen MR) is 87.9 cm³/mol. The van der Waals surface area contributed by atoms with Gasteiger partial charge < -0.3 is 9.55 Å². The lowest BCUT2D eigenvalue weighted by atomic mass is 10.1. The van der Waals surface area contributed by atoms with Gasteiger partial charge in [0, 0.05) is 14.1 Å². The third kappa shape index (κ3) is 2.14. The molecule has 0 aliphatic carbocycles. The van der Waals surface area contributed by atoms with Gasteiger partial charge in [-0.25, -0.2) is 4.79 Å². The highest BCUT2D eigenvalue weighted by atomic mass is 32.1. The SMILES string of the molecule is Cc1ccc(Cn2c(=S)[nH]c3c2c(=O)n(C)c(=O)n3C)cc1. The van der Waals surface area contributed by atoms with Crippen molar-refractivity contribution in [2.24, 2.45) is 14.1 Å². The molecule has 2 heterocycles. The summed E-state index contributed by atoms with van der Waals surface area (Å²) in [4.78, 5) is 27.4. The number of aromatic nitrogens is 4. The van der Waals surface area contributed by atoms with Crippen LogP contribution >= 0.6 is 12.2 Å². The molecule has 0 spiro atoms. The highest BCUT2D eigenvalue weighted by Gasteiger charge is 2.15. The molecule has 0 bridgehead atoms. The van der Waals surface area contributed by atoms with Crippen molar-refractivity contribution >= 4 is 23.4 Å². The first-order valence-electron chi connectivity index (χ1n) is 6.84. The molecule has 0 atom stereocenters. The van der Waals surface area contributed by atoms with E-state index in [4.69, 9.17) is 12.2 Å². The van der Waals surface area contributed by atoms with E-state index < -0.39 is 0 Å². The molecule has 0 radical (unpaired) electrons. The maximum absolute atomic E-state index is 12.4. The average molecular weight is 316 g/mol. The lowest BCUT2D eigenvalue weighted by Crippen LogP contribution is -2.37. The van der Waals surface area contributed by atoms with Crippen LogP contribution in [0.3, 0.4) is 0 Å². The minimum absolute atomic E-state index is 0.349. The molecule has 0 unspecified atom stereocenters. The fraction of sp³-hybridized carbons (Fsp3) is 0.267. The number of aryl methyl sites for hydroxylation is 2. The van der Waals surface area contributed by atoms with E-state index >= 15 is 0 Å². The maximum Gasteiger partial charge on any atom is 0.332 e. The van der Waals surface area contributed by atoms with Gasteiger partial charge in [-0.1, -0.05) is 29.8 Å². The number of aromatic amines is 1. The Bertz CT molecular complexity index is 1030. The number of benzene rings is 1. The van der Waals surface area contributed by atoms with Crippen molar-refractivity contribution in [3.63, 3.8) is 0 Å². The highest BCUT2D eigenvalue weighted by Crippen LogP contribution is 2.12. The first-order valence-corrected chi connectivity index (χ1v) is 7.25. The number of fused-ring (bicyclic) bond motifs is 1. The molecular formula is C15H16N4O2S. The predicted octanol–water partition coefficient (Wildman–Crippen LogP) is 1.45. The van der Waals surface area contributed by atoms with Crippen LogP contribution in [-0.4, -0.2) is 18.7 Å². The van der Waals surface area contributed by atoms with Gasteiger partial charge >= 0.3 is 5.69 Å². The monoisotopic (exact) mass is 316 g/mol. The standard InChI is InChI=1S/C15H16N4O2S/c1-9-4-6-10(7-5-9)8-19-11-12(16-14(19)22)17(2)15(21)18(3)13(11)20/h4-7H,8H2,1-3H3,(H,16,22). The fourth-order valence-electron chi connectivity index (χ4n) is 2.51. The largest absolute Gasteiger partial charge is 0.332 e. The van der Waals surface area contributed by atoms with Crippen LogP contribution in [0.25, 0.3) is 11.2 Å². The van der Waals surface area contributed by atoms with Crippen LogP contribution in [0.4, 0.5) is 0 Å². The first-order chi connectivity index (χ1) is 10.4. The Kier molecular flexibility index (Phi) is 3.37. The lowest BCUT2D eigenvalue weighted by molar-refractivity contribution is 0.702. The molecule has 1 N–H and O–H groups in total. The molecule has 3 aromatic rings. The normalized spacial score (nSPS) is 11.2. The molecule has 0 saturated carbocycles. The van der Waals surface area contributed by atoms with Gasteiger partial charge in [-0.2, -0.15) is 0 Å². The second-order valence-electron chi connectivity index (χ2n) is 5.40. The van der Waals surface area contributed by atoms with E-state index in [0.717, 1.165) is 10.1 Å². The van der Waals surface area contributed by atoms with Crippen LogP contribution in [0.2, 0.25) is 0 Å². The summed E-state index contributed by atoms with van der Waals surface area (Å²) in [5, 5.41) is 0. The van der Waals surface area contributed by atoms with Gasteiger partial charge in [0.25, 0.3) is 5.56 Å². The summed E-state index contributed by atoms with van der Waals surface area (Å²) in [7, 11) is 3.09. The van der Waals surface area contributed by atoms with E-state index in [1.807, 2.05) is 31.2 Å². The van der Waals surface area contributed by atoms with Crippen molar-refractivity contribution in [1.29, 1.82) is 0 Å². The third-order valence-corrected chi connectivity index (χ3v) is 4.16. The molecule has 0 saturated heterocycles. The number of H-pyrrole nitrogens is 1. The van der Waals surface area contributed by atoms with Crippen molar-refractivity contribution < 1.29 is 0 Å². The topological polar surface area (TPSA) is 64.7 Å². The molecule has 22 heavy (non-hydrogen) atoms. The number of hydrogen-bond donors (Lipinski definition) is 1. The Morgan fingerprint density at radius 3 is 2.36 bits per heavy atom. The number of nitrogens with one attached hydrogen (secondary N) is 1. The highest BCUT2D eigenvalue weighted by molar-refractivity contribution is 7.71. The summed E-state index contributed by atoms with van der Waals surface area (Å²) in [5.41, 5.74) is 2.34. The summed E-state index contributed by atoms with van der Waals surface area (Å²) < 4.78 is 4.65. The molecule has 1 aromatic carbocycles. The molecule has 0 aliphatic rings. The van der Waals surface area contributed by atoms with E-state index in [2.05, 4.69) is 4.98 Å².